The van der Waals surface area contributed by atoms with Crippen LogP contribution in [0.1, 0.15) is 47.0 Å². The molecular formula is C38H39ClF3N9O8. The number of aliphatic carboxylic acids is 1. The van der Waals surface area contributed by atoms with Crippen LogP contribution in [-0.4, -0.2) is 105 Å². The second-order valence-corrected chi connectivity index (χ2v) is 14.0. The Morgan fingerprint density at radius 2 is 1.53 bits per heavy atom. The summed E-state index contributed by atoms with van der Waals surface area (Å²) < 4.78 is 49.0. The Morgan fingerprint density at radius 3 is 2.15 bits per heavy atom. The lowest BCUT2D eigenvalue weighted by Crippen LogP contribution is -2.44. The van der Waals surface area contributed by atoms with Crippen molar-refractivity contribution in [2.75, 3.05) is 55.4 Å². The number of aliphatic hydroxyl groups excluding tert-OH is 1. The molecule has 0 spiro atoms. The van der Waals surface area contributed by atoms with E-state index in [0.717, 1.165) is 5.56 Å². The van der Waals surface area contributed by atoms with Gasteiger partial charge in [0.05, 0.1) is 18.8 Å². The Hall–Kier alpha value is -6.09. The summed E-state index contributed by atoms with van der Waals surface area (Å²) in [5, 5.41) is 34.0. The lowest BCUT2D eigenvalue weighted by molar-refractivity contribution is -0.154. The molecule has 7 N–H and O–H groups in total. The number of amides is 3. The smallest absolute Gasteiger partial charge is 0.422 e. The molecule has 0 radical (unpaired) electrons. The van der Waals surface area contributed by atoms with Gasteiger partial charge < -0.3 is 46.3 Å². The summed E-state index contributed by atoms with van der Waals surface area (Å²) in [5.41, 5.74) is 1.57. The van der Waals surface area contributed by atoms with Gasteiger partial charge in [0.1, 0.15) is 12.3 Å². The first-order valence-corrected chi connectivity index (χ1v) is 18.6. The fraction of sp³-hybridized carbons (Fsp3) is 0.342. The summed E-state index contributed by atoms with van der Waals surface area (Å²) in [6, 6.07) is 16.9. The van der Waals surface area contributed by atoms with Crippen LogP contribution in [0.5, 0.6) is 6.01 Å². The highest BCUT2D eigenvalue weighted by atomic mass is 35.5. The number of benzene rings is 3. The van der Waals surface area contributed by atoms with Gasteiger partial charge in [-0.05, 0) is 78.9 Å². The molecule has 1 aliphatic carbocycles. The predicted octanol–water partition coefficient (Wildman–Crippen LogP) is 3.96. The molecule has 312 valence electrons. The van der Waals surface area contributed by atoms with E-state index in [4.69, 9.17) is 21.1 Å². The number of alkyl halides is 3. The Kier molecular flexibility index (Phi) is 13.4. The molecule has 21 heteroatoms. The summed E-state index contributed by atoms with van der Waals surface area (Å²) >= 11 is 6.03. The van der Waals surface area contributed by atoms with Crippen molar-refractivity contribution < 1.29 is 52.0 Å². The fourth-order valence-corrected chi connectivity index (χ4v) is 6.10. The number of carboxylic acid groups (broad SMARTS) is 1. The van der Waals surface area contributed by atoms with Crippen molar-refractivity contribution in [1.82, 2.24) is 30.5 Å². The van der Waals surface area contributed by atoms with E-state index in [1.807, 2.05) is 17.0 Å². The number of carbonyl (C=O) groups excluding carboxylic acids is 3. The zero-order chi connectivity index (χ0) is 42.2. The summed E-state index contributed by atoms with van der Waals surface area (Å²) in [5.74, 6) is -4.40. The second-order valence-electron chi connectivity index (χ2n) is 13.6. The van der Waals surface area contributed by atoms with Crippen LogP contribution in [0.4, 0.5) is 36.4 Å². The van der Waals surface area contributed by atoms with Crippen LogP contribution in [0.25, 0.3) is 0 Å². The molecule has 4 aromatic rings. The molecule has 17 nitrogen and oxygen atoms in total. The third-order valence-electron chi connectivity index (χ3n) is 9.27. The maximum Gasteiger partial charge on any atom is 0.422 e. The van der Waals surface area contributed by atoms with Gasteiger partial charge in [0, 0.05) is 41.6 Å². The van der Waals surface area contributed by atoms with E-state index < -0.39 is 60.3 Å². The number of hydrogen-bond acceptors (Lipinski definition) is 13. The predicted molar refractivity (Wildman–Crippen MR) is 206 cm³/mol. The van der Waals surface area contributed by atoms with Gasteiger partial charge in [-0.25, -0.2) is 4.79 Å². The first-order chi connectivity index (χ1) is 28.2. The number of ether oxygens (including phenoxy) is 2. The van der Waals surface area contributed by atoms with Crippen molar-refractivity contribution >= 4 is 58.6 Å². The summed E-state index contributed by atoms with van der Waals surface area (Å²) in [6.07, 6.45) is -4.38. The van der Waals surface area contributed by atoms with Crippen LogP contribution in [0.15, 0.2) is 72.8 Å². The Bertz CT molecular complexity index is 2120. The van der Waals surface area contributed by atoms with Crippen LogP contribution >= 0.6 is 11.6 Å². The number of aliphatic hydroxyl groups is 1. The lowest BCUT2D eigenvalue weighted by Gasteiger charge is -2.31. The zero-order valence-electron chi connectivity index (χ0n) is 31.1. The number of nitrogens with zero attached hydrogens (tertiary/aromatic N) is 4. The molecule has 1 aliphatic heterocycles. The highest BCUT2D eigenvalue weighted by Gasteiger charge is 2.45. The van der Waals surface area contributed by atoms with Crippen LogP contribution in [0.3, 0.4) is 0 Å². The number of carboxylic acids is 1. The maximum absolute atomic E-state index is 13.0. The quantitative estimate of drug-likeness (QED) is 0.0793. The van der Waals surface area contributed by atoms with E-state index in [9.17, 15) is 42.6 Å². The fourth-order valence-electron chi connectivity index (χ4n) is 5.98. The number of rotatable bonds is 16. The summed E-state index contributed by atoms with van der Waals surface area (Å²) in [4.78, 5) is 64.0. The minimum absolute atomic E-state index is 0.0499. The van der Waals surface area contributed by atoms with E-state index in [1.165, 1.54) is 36.4 Å². The molecule has 1 saturated heterocycles. The van der Waals surface area contributed by atoms with Crippen LogP contribution in [-0.2, 0) is 24.7 Å². The SMILES string of the molecule is O=C(NCC[C@H](NC(=O)c1ccc(Nc2nc(NC3(c4ccc(Cl)cc4)CC3)nc(OCC(F)(F)F)n2)cc1)C(=O)O)C(=O)Nc1ccc(C(O)N2CCOCC2)cc1. The number of nitrogens with one attached hydrogen (secondary N) is 5. The lowest BCUT2D eigenvalue weighted by atomic mass is 10.1. The molecule has 2 atom stereocenters. The van der Waals surface area contributed by atoms with E-state index in [0.29, 0.717) is 61.1 Å². The van der Waals surface area contributed by atoms with Gasteiger partial charge in [-0.2, -0.15) is 28.1 Å². The normalized spacial score (nSPS) is 15.9. The van der Waals surface area contributed by atoms with Gasteiger partial charge >= 0.3 is 30.0 Å². The second kappa shape index (κ2) is 18.7. The van der Waals surface area contributed by atoms with Gasteiger partial charge in [-0.1, -0.05) is 35.9 Å². The Labute approximate surface area is 339 Å². The van der Waals surface area contributed by atoms with Crippen LogP contribution < -0.4 is 31.3 Å². The molecule has 6 rings (SSSR count). The molecule has 1 saturated carbocycles. The molecule has 2 fully saturated rings. The van der Waals surface area contributed by atoms with Crippen molar-refractivity contribution in [2.45, 2.75) is 43.2 Å². The topological polar surface area (TPSA) is 229 Å². The summed E-state index contributed by atoms with van der Waals surface area (Å²) in [6.45, 7) is 0.235. The maximum atomic E-state index is 13.0. The molecule has 2 heterocycles. The first kappa shape index (κ1) is 42.5. The standard InChI is InChI=1S/C38H39ClF3N9O8/c39-25-7-5-24(6-8-25)37(14-15-37)50-35-47-34(48-36(49-35)59-21-38(40,41)42)45-27-9-1-22(2-10-27)29(52)46-28(33(56)57)13-16-43-30(53)31(54)44-26-11-3-23(4-12-26)32(55)51-17-19-58-20-18-51/h1-12,28,32,55H,13-21H2,(H,43,53)(H,44,54)(H,46,52)(H,56,57)(H2,45,47,48,49,50)/t28-,32?/m0/s1. The Balaban J connectivity index is 1.01. The van der Waals surface area contributed by atoms with Crippen molar-refractivity contribution in [3.8, 4) is 6.01 Å². The van der Waals surface area contributed by atoms with E-state index in [1.54, 1.807) is 24.3 Å². The molecule has 59 heavy (non-hydrogen) atoms. The van der Waals surface area contributed by atoms with Crippen molar-refractivity contribution in [3.63, 3.8) is 0 Å². The average molecular weight is 842 g/mol. The number of anilines is 4. The van der Waals surface area contributed by atoms with E-state index in [2.05, 4.69) is 41.5 Å². The molecule has 3 amide bonds. The highest BCUT2D eigenvalue weighted by molar-refractivity contribution is 6.39. The molecule has 1 aromatic heterocycles. The highest BCUT2D eigenvalue weighted by Crippen LogP contribution is 2.48. The number of hydrogen-bond donors (Lipinski definition) is 7. The minimum Gasteiger partial charge on any atom is -0.480 e. The van der Waals surface area contributed by atoms with Crippen molar-refractivity contribution in [2.24, 2.45) is 0 Å². The largest absolute Gasteiger partial charge is 0.480 e. The van der Waals surface area contributed by atoms with Crippen molar-refractivity contribution in [1.29, 1.82) is 0 Å². The van der Waals surface area contributed by atoms with E-state index in [-0.39, 0.29) is 30.4 Å². The van der Waals surface area contributed by atoms with Gasteiger partial charge in [-0.15, -0.1) is 0 Å². The Morgan fingerprint density at radius 1 is 0.881 bits per heavy atom. The van der Waals surface area contributed by atoms with Gasteiger partial charge in [0.25, 0.3) is 5.91 Å². The number of carbonyl (C=O) groups is 4. The van der Waals surface area contributed by atoms with Gasteiger partial charge in [0.2, 0.25) is 11.9 Å². The van der Waals surface area contributed by atoms with Crippen LogP contribution in [0, 0.1) is 0 Å². The molecular weight excluding hydrogens is 803 g/mol. The van der Waals surface area contributed by atoms with Crippen LogP contribution in [0.2, 0.25) is 5.02 Å². The summed E-state index contributed by atoms with van der Waals surface area (Å²) in [7, 11) is 0. The zero-order valence-corrected chi connectivity index (χ0v) is 31.8. The third kappa shape index (κ3) is 12.0. The third-order valence-corrected chi connectivity index (χ3v) is 9.52. The molecule has 2 aliphatic rings. The number of morpholine rings is 1. The van der Waals surface area contributed by atoms with E-state index >= 15 is 0 Å². The number of aromatic nitrogens is 3. The molecule has 3 aromatic carbocycles. The molecule has 0 bridgehead atoms. The number of halogens is 4. The minimum atomic E-state index is -4.65. The first-order valence-electron chi connectivity index (χ1n) is 18.3. The van der Waals surface area contributed by atoms with Gasteiger partial charge in [-0.3, -0.25) is 19.3 Å². The molecule has 1 unspecified atom stereocenters. The van der Waals surface area contributed by atoms with Crippen molar-refractivity contribution in [3.05, 3.63) is 94.5 Å². The van der Waals surface area contributed by atoms with Gasteiger partial charge in [0.15, 0.2) is 6.61 Å². The average Bonchev–Trinajstić information content (AvgIpc) is 4.00. The monoisotopic (exact) mass is 841 g/mol.